The van der Waals surface area contributed by atoms with Gasteiger partial charge in [-0.3, -0.25) is 4.79 Å². The number of aromatic nitrogens is 2. The fourth-order valence-corrected chi connectivity index (χ4v) is 3.13. The van der Waals surface area contributed by atoms with Crippen LogP contribution in [0.1, 0.15) is 11.1 Å². The molecule has 5 nitrogen and oxygen atoms in total. The van der Waals surface area contributed by atoms with E-state index in [9.17, 15) is 4.79 Å². The Bertz CT molecular complexity index is 743. The van der Waals surface area contributed by atoms with Gasteiger partial charge in [0.05, 0.1) is 11.9 Å². The van der Waals surface area contributed by atoms with Gasteiger partial charge in [0.1, 0.15) is 5.02 Å². The lowest BCUT2D eigenvalue weighted by molar-refractivity contribution is 0.320. The molecule has 6 heteroatoms. The largest absolute Gasteiger partial charge is 0.378 e. The Labute approximate surface area is 134 Å². The first-order chi connectivity index (χ1) is 10.5. The minimum Gasteiger partial charge on any atom is -0.378 e. The van der Waals surface area contributed by atoms with E-state index < -0.39 is 0 Å². The van der Waals surface area contributed by atoms with Gasteiger partial charge in [-0.15, -0.1) is 0 Å². The summed E-state index contributed by atoms with van der Waals surface area (Å²) in [6, 6.07) is 8.64. The molecule has 1 aromatic heterocycles. The average molecular weight is 319 g/mol. The molecule has 2 aromatic rings. The molecule has 3 rings (SSSR count). The van der Waals surface area contributed by atoms with Gasteiger partial charge in [0.15, 0.2) is 0 Å². The number of nitrogens with zero attached hydrogens (tertiary/aromatic N) is 3. The van der Waals surface area contributed by atoms with Gasteiger partial charge in [0, 0.05) is 26.2 Å². The van der Waals surface area contributed by atoms with E-state index >= 15 is 0 Å². The van der Waals surface area contributed by atoms with E-state index in [1.807, 2.05) is 0 Å². The summed E-state index contributed by atoms with van der Waals surface area (Å²) in [6.07, 6.45) is 2.51. The van der Waals surface area contributed by atoms with Crippen molar-refractivity contribution in [2.24, 2.45) is 7.05 Å². The summed E-state index contributed by atoms with van der Waals surface area (Å²) in [4.78, 5) is 14.1. The molecule has 22 heavy (non-hydrogen) atoms. The fourth-order valence-electron chi connectivity index (χ4n) is 2.90. The smallest absolute Gasteiger partial charge is 0.287 e. The zero-order chi connectivity index (χ0) is 15.7. The van der Waals surface area contributed by atoms with Gasteiger partial charge in [-0.25, -0.2) is 4.68 Å². The second kappa shape index (κ2) is 6.10. The van der Waals surface area contributed by atoms with Gasteiger partial charge >= 0.3 is 0 Å². The van der Waals surface area contributed by atoms with Gasteiger partial charge in [-0.2, -0.15) is 5.10 Å². The summed E-state index contributed by atoms with van der Waals surface area (Å²) < 4.78 is 1.24. The zero-order valence-electron chi connectivity index (χ0n) is 12.7. The molecule has 2 heterocycles. The number of anilines is 1. The van der Waals surface area contributed by atoms with Crippen LogP contribution in [-0.4, -0.2) is 34.3 Å². The van der Waals surface area contributed by atoms with Crippen LogP contribution >= 0.6 is 11.6 Å². The summed E-state index contributed by atoms with van der Waals surface area (Å²) in [5.41, 5.74) is 3.00. The molecule has 1 atom stereocenters. The van der Waals surface area contributed by atoms with Gasteiger partial charge < -0.3 is 10.2 Å². The lowest BCUT2D eigenvalue weighted by atomic mass is 10.0. The van der Waals surface area contributed by atoms with Crippen molar-refractivity contribution in [2.75, 3.05) is 18.9 Å². The number of hydrogen-bond donors (Lipinski definition) is 1. The Morgan fingerprint density at radius 2 is 2.00 bits per heavy atom. The number of rotatable bonds is 2. The molecule has 0 saturated heterocycles. The standard InChI is InChI=1S/C16H19ClN4O/c1-20-9-12-6-4-3-5-11(12)7-13(10-20)19-14-8-18-21(2)16(22)15(14)17/h3-6,8,13,19H,7,9-10H2,1-2H3/t13-/m1/s1. The van der Waals surface area contributed by atoms with Crippen molar-refractivity contribution in [3.05, 3.63) is 57.0 Å². The van der Waals surface area contributed by atoms with Crippen LogP contribution in [0.4, 0.5) is 5.69 Å². The highest BCUT2D eigenvalue weighted by Gasteiger charge is 2.20. The quantitative estimate of drug-likeness (QED) is 0.919. The molecule has 0 spiro atoms. The third-order valence-electron chi connectivity index (χ3n) is 3.99. The molecule has 0 amide bonds. The first-order valence-corrected chi connectivity index (χ1v) is 7.66. The average Bonchev–Trinajstić information content (AvgIpc) is 2.65. The Morgan fingerprint density at radius 1 is 1.27 bits per heavy atom. The van der Waals surface area contributed by atoms with Crippen molar-refractivity contribution < 1.29 is 0 Å². The second-order valence-corrected chi connectivity index (χ2v) is 6.19. The van der Waals surface area contributed by atoms with E-state index in [0.29, 0.717) is 5.69 Å². The highest BCUT2D eigenvalue weighted by atomic mass is 35.5. The highest BCUT2D eigenvalue weighted by molar-refractivity contribution is 6.32. The van der Waals surface area contributed by atoms with Gasteiger partial charge in [-0.05, 0) is 24.6 Å². The van der Waals surface area contributed by atoms with Crippen LogP contribution in [-0.2, 0) is 20.0 Å². The van der Waals surface area contributed by atoms with E-state index in [0.717, 1.165) is 19.5 Å². The van der Waals surface area contributed by atoms with Crippen LogP contribution < -0.4 is 10.9 Å². The molecule has 0 radical (unpaired) electrons. The third kappa shape index (κ3) is 3.00. The second-order valence-electron chi connectivity index (χ2n) is 5.81. The lowest BCUT2D eigenvalue weighted by Gasteiger charge is -2.22. The molecular weight excluding hydrogens is 300 g/mol. The monoisotopic (exact) mass is 318 g/mol. The maximum absolute atomic E-state index is 11.9. The van der Waals surface area contributed by atoms with Gasteiger partial charge in [0.2, 0.25) is 0 Å². The summed E-state index contributed by atoms with van der Waals surface area (Å²) in [6.45, 7) is 1.80. The van der Waals surface area contributed by atoms with E-state index in [1.165, 1.54) is 15.8 Å². The topological polar surface area (TPSA) is 50.2 Å². The Hall–Kier alpha value is -1.85. The molecule has 0 fully saturated rings. The minimum absolute atomic E-state index is 0.181. The van der Waals surface area contributed by atoms with Crippen molar-refractivity contribution in [1.29, 1.82) is 0 Å². The van der Waals surface area contributed by atoms with Crippen LogP contribution in [0.25, 0.3) is 0 Å². The molecule has 1 aliphatic heterocycles. The summed E-state index contributed by atoms with van der Waals surface area (Å²) in [5.74, 6) is 0. The molecular formula is C16H19ClN4O. The SMILES string of the molecule is CN1Cc2ccccc2C[C@@H](Nc2cnn(C)c(=O)c2Cl)C1. The Kier molecular flexibility index (Phi) is 4.18. The van der Waals surface area contributed by atoms with Crippen LogP contribution in [0.5, 0.6) is 0 Å². The number of hydrogen-bond acceptors (Lipinski definition) is 4. The van der Waals surface area contributed by atoms with Crippen molar-refractivity contribution in [2.45, 2.75) is 19.0 Å². The van der Waals surface area contributed by atoms with Crippen LogP contribution in [0.2, 0.25) is 5.02 Å². The molecule has 0 saturated carbocycles. The number of aryl methyl sites for hydroxylation is 1. The molecule has 116 valence electrons. The van der Waals surface area contributed by atoms with E-state index in [2.05, 4.69) is 46.6 Å². The highest BCUT2D eigenvalue weighted by Crippen LogP contribution is 2.22. The van der Waals surface area contributed by atoms with Crippen molar-refractivity contribution in [1.82, 2.24) is 14.7 Å². The Morgan fingerprint density at radius 3 is 2.77 bits per heavy atom. The number of likely N-dealkylation sites (N-methyl/N-ethyl adjacent to an activating group) is 1. The number of nitrogens with one attached hydrogen (secondary N) is 1. The fraction of sp³-hybridized carbons (Fsp3) is 0.375. The van der Waals surface area contributed by atoms with E-state index in [1.54, 1.807) is 13.2 Å². The van der Waals surface area contributed by atoms with Crippen molar-refractivity contribution in [3.8, 4) is 0 Å². The van der Waals surface area contributed by atoms with Gasteiger partial charge in [0.25, 0.3) is 5.56 Å². The maximum Gasteiger partial charge on any atom is 0.287 e. The lowest BCUT2D eigenvalue weighted by Crippen LogP contribution is -2.34. The van der Waals surface area contributed by atoms with Crippen LogP contribution in [0.3, 0.4) is 0 Å². The number of benzene rings is 1. The molecule has 1 aromatic carbocycles. The van der Waals surface area contributed by atoms with Crippen LogP contribution in [0, 0.1) is 0 Å². The zero-order valence-corrected chi connectivity index (χ0v) is 13.5. The van der Waals surface area contributed by atoms with Crippen molar-refractivity contribution in [3.63, 3.8) is 0 Å². The normalized spacial score (nSPS) is 18.6. The number of halogens is 1. The van der Waals surface area contributed by atoms with Crippen LogP contribution in [0.15, 0.2) is 35.3 Å². The Balaban J connectivity index is 1.87. The minimum atomic E-state index is -0.283. The first kappa shape index (κ1) is 15.1. The summed E-state index contributed by atoms with van der Waals surface area (Å²) in [5, 5.41) is 7.61. The third-order valence-corrected chi connectivity index (χ3v) is 4.36. The molecule has 0 aliphatic carbocycles. The van der Waals surface area contributed by atoms with E-state index in [4.69, 9.17) is 11.6 Å². The molecule has 1 aliphatic rings. The van der Waals surface area contributed by atoms with E-state index in [-0.39, 0.29) is 16.6 Å². The predicted octanol–water partition coefficient (Wildman–Crippen LogP) is 1.90. The summed E-state index contributed by atoms with van der Waals surface area (Å²) >= 11 is 6.15. The first-order valence-electron chi connectivity index (χ1n) is 7.28. The molecule has 0 unspecified atom stereocenters. The number of fused-ring (bicyclic) bond motifs is 1. The molecule has 1 N–H and O–H groups in total. The van der Waals surface area contributed by atoms with Crippen molar-refractivity contribution >= 4 is 17.3 Å². The molecule has 0 bridgehead atoms. The maximum atomic E-state index is 11.9. The van der Waals surface area contributed by atoms with Gasteiger partial charge in [-0.1, -0.05) is 35.9 Å². The summed E-state index contributed by atoms with van der Waals surface area (Å²) in [7, 11) is 3.69. The predicted molar refractivity (Wildman–Crippen MR) is 88.4 cm³/mol.